The van der Waals surface area contributed by atoms with Gasteiger partial charge in [-0.05, 0) is 47.8 Å². The van der Waals surface area contributed by atoms with Gasteiger partial charge in [-0.3, -0.25) is 9.59 Å². The maximum atomic E-state index is 12.5. The Morgan fingerprint density at radius 1 is 1.19 bits per heavy atom. The van der Waals surface area contributed by atoms with Crippen molar-refractivity contribution in [2.75, 3.05) is 25.5 Å². The molecule has 1 saturated heterocycles. The van der Waals surface area contributed by atoms with Crippen molar-refractivity contribution in [3.05, 3.63) is 71.4 Å². The second kappa shape index (κ2) is 9.82. The number of amides is 2. The number of ether oxygens (including phenoxy) is 2. The molecule has 3 aromatic rings. The zero-order valence-corrected chi connectivity index (χ0v) is 18.9. The Morgan fingerprint density at radius 3 is 2.72 bits per heavy atom. The maximum Gasteiger partial charge on any atom is 0.244 e. The van der Waals surface area contributed by atoms with Gasteiger partial charge in [0, 0.05) is 18.9 Å². The smallest absolute Gasteiger partial charge is 0.244 e. The fourth-order valence-electron chi connectivity index (χ4n) is 3.72. The minimum atomic E-state index is -0.218. The van der Waals surface area contributed by atoms with E-state index in [1.54, 1.807) is 12.0 Å². The molecule has 7 nitrogen and oxygen atoms in total. The van der Waals surface area contributed by atoms with Gasteiger partial charge in [0.25, 0.3) is 0 Å². The van der Waals surface area contributed by atoms with Crippen molar-refractivity contribution in [3.8, 4) is 11.5 Å². The number of hydrogen-bond acceptors (Lipinski definition) is 6. The van der Waals surface area contributed by atoms with Crippen LogP contribution in [0.2, 0.25) is 0 Å². The van der Waals surface area contributed by atoms with Crippen LogP contribution in [0.5, 0.6) is 11.5 Å². The van der Waals surface area contributed by atoms with Crippen molar-refractivity contribution >= 4 is 28.3 Å². The second-order valence-corrected chi connectivity index (χ2v) is 8.55. The lowest BCUT2D eigenvalue weighted by atomic mass is 9.98. The van der Waals surface area contributed by atoms with Gasteiger partial charge in [-0.15, -0.1) is 0 Å². The topological polar surface area (TPSA) is 80.8 Å². The third kappa shape index (κ3) is 5.26. The molecule has 1 N–H and O–H groups in total. The summed E-state index contributed by atoms with van der Waals surface area (Å²) in [5.74, 6) is 1.02. The quantitative estimate of drug-likeness (QED) is 0.560. The fraction of sp³-hybridized carbons (Fsp3) is 0.292. The SMILES string of the molecule is COc1ccc([C@H]2CC(=O)N(CC(=O)Nc3cc(C)ns3)C2)cc1OCc1ccccc1. The average molecular weight is 452 g/mol. The van der Waals surface area contributed by atoms with Crippen molar-refractivity contribution in [1.82, 2.24) is 9.27 Å². The summed E-state index contributed by atoms with van der Waals surface area (Å²) in [7, 11) is 1.61. The molecule has 1 fully saturated rings. The number of benzene rings is 2. The molecule has 2 amide bonds. The molecule has 8 heteroatoms. The Hall–Kier alpha value is -3.39. The first-order valence-electron chi connectivity index (χ1n) is 10.4. The monoisotopic (exact) mass is 451 g/mol. The van der Waals surface area contributed by atoms with E-state index in [1.165, 1.54) is 11.5 Å². The van der Waals surface area contributed by atoms with E-state index in [-0.39, 0.29) is 24.3 Å². The van der Waals surface area contributed by atoms with Gasteiger partial charge in [0.05, 0.1) is 19.3 Å². The summed E-state index contributed by atoms with van der Waals surface area (Å²) in [5.41, 5.74) is 2.90. The molecule has 1 aromatic heterocycles. The van der Waals surface area contributed by atoms with E-state index in [1.807, 2.05) is 61.5 Å². The summed E-state index contributed by atoms with van der Waals surface area (Å²) < 4.78 is 15.6. The summed E-state index contributed by atoms with van der Waals surface area (Å²) >= 11 is 1.23. The number of rotatable bonds is 8. The fourth-order valence-corrected chi connectivity index (χ4v) is 4.39. The number of hydrogen-bond donors (Lipinski definition) is 1. The van der Waals surface area contributed by atoms with Gasteiger partial charge in [-0.2, -0.15) is 4.37 Å². The van der Waals surface area contributed by atoms with E-state index in [4.69, 9.17) is 9.47 Å². The number of aromatic nitrogens is 1. The van der Waals surface area contributed by atoms with Crippen molar-refractivity contribution < 1.29 is 19.1 Å². The highest BCUT2D eigenvalue weighted by atomic mass is 32.1. The molecule has 0 saturated carbocycles. The first-order valence-corrected chi connectivity index (χ1v) is 11.1. The Kier molecular flexibility index (Phi) is 6.70. The van der Waals surface area contributed by atoms with Crippen LogP contribution in [0.4, 0.5) is 5.00 Å². The minimum absolute atomic E-state index is 0.00840. The van der Waals surface area contributed by atoms with Crippen LogP contribution < -0.4 is 14.8 Å². The molecule has 2 aromatic carbocycles. The highest BCUT2D eigenvalue weighted by Crippen LogP contribution is 2.35. The Labute approximate surface area is 191 Å². The van der Waals surface area contributed by atoms with E-state index >= 15 is 0 Å². The van der Waals surface area contributed by atoms with E-state index in [0.29, 0.717) is 36.1 Å². The number of nitrogens with one attached hydrogen (secondary N) is 1. The van der Waals surface area contributed by atoms with Crippen LogP contribution >= 0.6 is 11.5 Å². The molecule has 0 unspecified atom stereocenters. The minimum Gasteiger partial charge on any atom is -0.493 e. The average Bonchev–Trinajstić information content (AvgIpc) is 3.37. The van der Waals surface area contributed by atoms with Gasteiger partial charge in [-0.1, -0.05) is 36.4 Å². The summed E-state index contributed by atoms with van der Waals surface area (Å²) in [5, 5.41) is 3.49. The van der Waals surface area contributed by atoms with Crippen LogP contribution in [0.15, 0.2) is 54.6 Å². The highest BCUT2D eigenvalue weighted by molar-refractivity contribution is 7.10. The molecular weight excluding hydrogens is 426 g/mol. The predicted octanol–water partition coefficient (Wildman–Crippen LogP) is 3.99. The lowest BCUT2D eigenvalue weighted by Gasteiger charge is -2.17. The van der Waals surface area contributed by atoms with E-state index in [9.17, 15) is 9.59 Å². The van der Waals surface area contributed by atoms with Gasteiger partial charge in [0.1, 0.15) is 11.6 Å². The number of aryl methyl sites for hydroxylation is 1. The number of likely N-dealkylation sites (tertiary alicyclic amines) is 1. The summed E-state index contributed by atoms with van der Waals surface area (Å²) in [6.45, 7) is 2.80. The first kappa shape index (κ1) is 21.8. The number of nitrogens with zero attached hydrogens (tertiary/aromatic N) is 2. The molecule has 0 spiro atoms. The zero-order chi connectivity index (χ0) is 22.5. The van der Waals surface area contributed by atoms with E-state index < -0.39 is 0 Å². The van der Waals surface area contributed by atoms with Crippen molar-refractivity contribution in [3.63, 3.8) is 0 Å². The predicted molar refractivity (Wildman–Crippen MR) is 123 cm³/mol. The van der Waals surface area contributed by atoms with Crippen molar-refractivity contribution in [1.29, 1.82) is 0 Å². The zero-order valence-electron chi connectivity index (χ0n) is 18.0. The Balaban J connectivity index is 1.40. The van der Waals surface area contributed by atoms with Crippen molar-refractivity contribution in [2.24, 2.45) is 0 Å². The van der Waals surface area contributed by atoms with Gasteiger partial charge >= 0.3 is 0 Å². The van der Waals surface area contributed by atoms with E-state index in [2.05, 4.69) is 9.69 Å². The summed E-state index contributed by atoms with van der Waals surface area (Å²) in [6.07, 6.45) is 0.359. The van der Waals surface area contributed by atoms with Crippen molar-refractivity contribution in [2.45, 2.75) is 25.9 Å². The van der Waals surface area contributed by atoms with E-state index in [0.717, 1.165) is 16.8 Å². The molecule has 0 bridgehead atoms. The molecule has 0 aliphatic carbocycles. The lowest BCUT2D eigenvalue weighted by Crippen LogP contribution is -2.34. The number of anilines is 1. The number of methoxy groups -OCH3 is 1. The Bertz CT molecular complexity index is 1100. The second-order valence-electron chi connectivity index (χ2n) is 7.74. The largest absolute Gasteiger partial charge is 0.493 e. The molecular formula is C24H25N3O4S. The summed E-state index contributed by atoms with van der Waals surface area (Å²) in [4.78, 5) is 26.5. The van der Waals surface area contributed by atoms with Crippen LogP contribution in [-0.2, 0) is 16.2 Å². The van der Waals surface area contributed by atoms with Gasteiger partial charge in [-0.25, -0.2) is 0 Å². The lowest BCUT2D eigenvalue weighted by molar-refractivity contribution is -0.131. The Morgan fingerprint density at radius 2 is 2.00 bits per heavy atom. The third-order valence-electron chi connectivity index (χ3n) is 5.34. The molecule has 4 rings (SSSR count). The molecule has 0 radical (unpaired) electrons. The van der Waals surface area contributed by atoms with Crippen LogP contribution in [-0.4, -0.2) is 41.3 Å². The molecule has 32 heavy (non-hydrogen) atoms. The van der Waals surface area contributed by atoms with Crippen LogP contribution in [0, 0.1) is 6.92 Å². The molecule has 1 atom stereocenters. The van der Waals surface area contributed by atoms with Crippen LogP contribution in [0.1, 0.15) is 29.2 Å². The maximum absolute atomic E-state index is 12.5. The number of carbonyl (C=O) groups excluding carboxylic acids is 2. The highest BCUT2D eigenvalue weighted by Gasteiger charge is 2.32. The van der Waals surface area contributed by atoms with Gasteiger partial charge in [0.2, 0.25) is 11.8 Å². The standard InChI is InChI=1S/C24H25N3O4S/c1-16-10-23(32-26-16)25-22(28)14-27-13-19(12-24(27)29)18-8-9-20(30-2)21(11-18)31-15-17-6-4-3-5-7-17/h3-11,19H,12-15H2,1-2H3,(H,25,28)/t19-/m0/s1. The van der Waals surface area contributed by atoms with Gasteiger partial charge < -0.3 is 19.7 Å². The molecule has 1 aliphatic rings. The number of carbonyl (C=O) groups is 2. The van der Waals surface area contributed by atoms with Crippen LogP contribution in [0.25, 0.3) is 0 Å². The molecule has 1 aliphatic heterocycles. The molecule has 166 valence electrons. The van der Waals surface area contributed by atoms with Gasteiger partial charge in [0.15, 0.2) is 11.5 Å². The van der Waals surface area contributed by atoms with Crippen LogP contribution in [0.3, 0.4) is 0 Å². The first-order chi connectivity index (χ1) is 15.5. The summed E-state index contributed by atoms with van der Waals surface area (Å²) in [6, 6.07) is 17.5. The molecule has 2 heterocycles. The normalized spacial score (nSPS) is 15.6. The third-order valence-corrected chi connectivity index (χ3v) is 6.13.